The molecule has 1 heterocycles. The van der Waals surface area contributed by atoms with Gasteiger partial charge in [0.1, 0.15) is 5.82 Å². The van der Waals surface area contributed by atoms with Gasteiger partial charge in [-0.15, -0.1) is 0 Å². The first-order valence-electron chi connectivity index (χ1n) is 5.00. The zero-order chi connectivity index (χ0) is 12.4. The third-order valence-electron chi connectivity index (χ3n) is 2.32. The number of nitrogens with one attached hydrogen (secondary N) is 1. The summed E-state index contributed by atoms with van der Waals surface area (Å²) in [7, 11) is 3.32. The van der Waals surface area contributed by atoms with Crippen molar-refractivity contribution in [2.45, 2.75) is 0 Å². The molecule has 2 aromatic rings. The number of halogens is 1. The van der Waals surface area contributed by atoms with Crippen molar-refractivity contribution in [3.63, 3.8) is 0 Å². The monoisotopic (exact) mass is 236 g/mol. The van der Waals surface area contributed by atoms with Gasteiger partial charge >= 0.3 is 0 Å². The van der Waals surface area contributed by atoms with Crippen molar-refractivity contribution in [3.05, 3.63) is 30.1 Å². The fraction of sp³-hybridized carbons (Fsp3) is 0.182. The Labute approximate surface area is 98.0 Å². The minimum absolute atomic E-state index is 0.328. The van der Waals surface area contributed by atoms with Gasteiger partial charge in [0.25, 0.3) is 0 Å². The second-order valence-corrected chi connectivity index (χ2v) is 3.55. The number of rotatable bonds is 3. The number of anilines is 3. The number of hydrogen-bond acceptors (Lipinski definition) is 4. The lowest BCUT2D eigenvalue weighted by Gasteiger charge is -2.05. The minimum atomic E-state index is -0.369. The standard InChI is InChI=1S/C11H13FN4O/c1-16-11(17-2)6-10(15-16)14-9-4-3-7(12)5-8(9)13/h3-6H,13H2,1-2H3,(H,14,15). The summed E-state index contributed by atoms with van der Waals surface area (Å²) in [6.45, 7) is 0. The minimum Gasteiger partial charge on any atom is -0.481 e. The average Bonchev–Trinajstić information content (AvgIpc) is 2.63. The van der Waals surface area contributed by atoms with Crippen LogP contribution in [0.15, 0.2) is 24.3 Å². The zero-order valence-corrected chi connectivity index (χ0v) is 9.57. The molecule has 0 amide bonds. The van der Waals surface area contributed by atoms with Gasteiger partial charge in [-0.25, -0.2) is 9.07 Å². The lowest BCUT2D eigenvalue weighted by molar-refractivity contribution is 0.373. The highest BCUT2D eigenvalue weighted by Crippen LogP contribution is 2.24. The van der Waals surface area contributed by atoms with Gasteiger partial charge in [0.2, 0.25) is 5.88 Å². The molecule has 3 N–H and O–H groups in total. The van der Waals surface area contributed by atoms with Crippen molar-refractivity contribution in [2.75, 3.05) is 18.2 Å². The van der Waals surface area contributed by atoms with Crippen molar-refractivity contribution in [1.82, 2.24) is 9.78 Å². The number of benzene rings is 1. The summed E-state index contributed by atoms with van der Waals surface area (Å²) < 4.78 is 19.5. The van der Waals surface area contributed by atoms with Gasteiger partial charge in [-0.2, -0.15) is 5.10 Å². The number of nitrogen functional groups attached to an aromatic ring is 1. The Morgan fingerprint density at radius 1 is 1.41 bits per heavy atom. The summed E-state index contributed by atoms with van der Waals surface area (Å²) in [6.07, 6.45) is 0. The number of nitrogens with zero attached hydrogens (tertiary/aromatic N) is 2. The molecule has 90 valence electrons. The molecule has 6 heteroatoms. The van der Waals surface area contributed by atoms with Crippen LogP contribution in [0.2, 0.25) is 0 Å². The number of ether oxygens (including phenoxy) is 1. The van der Waals surface area contributed by atoms with Crippen molar-refractivity contribution in [3.8, 4) is 5.88 Å². The van der Waals surface area contributed by atoms with Crippen LogP contribution in [0.4, 0.5) is 21.6 Å². The third-order valence-corrected chi connectivity index (χ3v) is 2.32. The summed E-state index contributed by atoms with van der Waals surface area (Å²) in [6, 6.07) is 5.87. The van der Waals surface area contributed by atoms with Crippen molar-refractivity contribution >= 4 is 17.2 Å². The summed E-state index contributed by atoms with van der Waals surface area (Å²) >= 11 is 0. The number of hydrogen-bond donors (Lipinski definition) is 2. The van der Waals surface area contributed by atoms with E-state index in [2.05, 4.69) is 10.4 Å². The van der Waals surface area contributed by atoms with E-state index in [4.69, 9.17) is 10.5 Å². The van der Waals surface area contributed by atoms with Gasteiger partial charge in [-0.05, 0) is 18.2 Å². The van der Waals surface area contributed by atoms with E-state index in [1.807, 2.05) is 0 Å². The normalized spacial score (nSPS) is 10.3. The number of methoxy groups -OCH3 is 1. The molecule has 5 nitrogen and oxygen atoms in total. The fourth-order valence-electron chi connectivity index (χ4n) is 1.49. The summed E-state index contributed by atoms with van der Waals surface area (Å²) in [5, 5.41) is 7.16. The fourth-order valence-corrected chi connectivity index (χ4v) is 1.49. The van der Waals surface area contributed by atoms with E-state index in [0.717, 1.165) is 0 Å². The van der Waals surface area contributed by atoms with E-state index in [9.17, 15) is 4.39 Å². The summed E-state index contributed by atoms with van der Waals surface area (Å²) in [5.74, 6) is 0.836. The maximum absolute atomic E-state index is 12.9. The summed E-state index contributed by atoms with van der Waals surface area (Å²) in [4.78, 5) is 0. The molecule has 0 radical (unpaired) electrons. The Bertz CT molecular complexity index is 538. The topological polar surface area (TPSA) is 65.1 Å². The van der Waals surface area contributed by atoms with Crippen LogP contribution in [0.25, 0.3) is 0 Å². The SMILES string of the molecule is COc1cc(Nc2ccc(F)cc2N)nn1C. The van der Waals surface area contributed by atoms with E-state index >= 15 is 0 Å². The Balaban J connectivity index is 2.25. The van der Waals surface area contributed by atoms with Crippen molar-refractivity contribution < 1.29 is 9.13 Å². The highest BCUT2D eigenvalue weighted by Gasteiger charge is 2.07. The Morgan fingerprint density at radius 3 is 2.76 bits per heavy atom. The largest absolute Gasteiger partial charge is 0.481 e. The van der Waals surface area contributed by atoms with Crippen LogP contribution in [0, 0.1) is 5.82 Å². The van der Waals surface area contributed by atoms with Gasteiger partial charge in [-0.3, -0.25) is 0 Å². The van der Waals surface area contributed by atoms with Gasteiger partial charge < -0.3 is 15.8 Å². The van der Waals surface area contributed by atoms with Crippen molar-refractivity contribution in [1.29, 1.82) is 0 Å². The molecule has 0 saturated heterocycles. The Kier molecular flexibility index (Phi) is 2.86. The van der Waals surface area contributed by atoms with Gasteiger partial charge in [0.15, 0.2) is 5.82 Å². The predicted octanol–water partition coefficient (Wildman–Crippen LogP) is 1.89. The lowest BCUT2D eigenvalue weighted by atomic mass is 10.2. The maximum atomic E-state index is 12.9. The van der Waals surface area contributed by atoms with E-state index < -0.39 is 0 Å². The molecule has 0 aliphatic heterocycles. The van der Waals surface area contributed by atoms with E-state index in [1.165, 1.54) is 12.1 Å². The molecule has 1 aromatic heterocycles. The zero-order valence-electron chi connectivity index (χ0n) is 9.57. The van der Waals surface area contributed by atoms with E-state index in [0.29, 0.717) is 23.1 Å². The van der Waals surface area contributed by atoms with Gasteiger partial charge in [0.05, 0.1) is 18.5 Å². The molecule has 0 atom stereocenters. The predicted molar refractivity (Wildman–Crippen MR) is 63.9 cm³/mol. The molecule has 17 heavy (non-hydrogen) atoms. The molecule has 0 aliphatic carbocycles. The number of aromatic nitrogens is 2. The Hall–Kier alpha value is -2.24. The molecule has 1 aromatic carbocycles. The molecule has 2 rings (SSSR count). The highest BCUT2D eigenvalue weighted by molar-refractivity contribution is 5.71. The molecule has 0 bridgehead atoms. The van der Waals surface area contributed by atoms with Crippen LogP contribution >= 0.6 is 0 Å². The smallest absolute Gasteiger partial charge is 0.213 e. The first-order valence-corrected chi connectivity index (χ1v) is 5.00. The maximum Gasteiger partial charge on any atom is 0.213 e. The van der Waals surface area contributed by atoms with Crippen LogP contribution in [-0.2, 0) is 7.05 Å². The second kappa shape index (κ2) is 4.32. The second-order valence-electron chi connectivity index (χ2n) is 3.55. The van der Waals surface area contributed by atoms with Crippen LogP contribution in [0.5, 0.6) is 5.88 Å². The average molecular weight is 236 g/mol. The molecule has 0 spiro atoms. The first-order chi connectivity index (χ1) is 8.10. The van der Waals surface area contributed by atoms with Crippen LogP contribution in [0.1, 0.15) is 0 Å². The third kappa shape index (κ3) is 2.30. The van der Waals surface area contributed by atoms with Gasteiger partial charge in [-0.1, -0.05) is 0 Å². The van der Waals surface area contributed by atoms with Crippen LogP contribution < -0.4 is 15.8 Å². The van der Waals surface area contributed by atoms with Crippen LogP contribution in [0.3, 0.4) is 0 Å². The highest BCUT2D eigenvalue weighted by atomic mass is 19.1. The summed E-state index contributed by atoms with van der Waals surface area (Å²) in [5.41, 5.74) is 6.61. The quantitative estimate of drug-likeness (QED) is 0.799. The van der Waals surface area contributed by atoms with E-state index in [-0.39, 0.29) is 5.82 Å². The number of aryl methyl sites for hydroxylation is 1. The molecule has 0 unspecified atom stereocenters. The van der Waals surface area contributed by atoms with Gasteiger partial charge in [0, 0.05) is 13.1 Å². The Morgan fingerprint density at radius 2 is 2.18 bits per heavy atom. The lowest BCUT2D eigenvalue weighted by Crippen LogP contribution is -1.98. The number of nitrogens with two attached hydrogens (primary N) is 1. The molecule has 0 fully saturated rings. The van der Waals surface area contributed by atoms with E-state index in [1.54, 1.807) is 31.0 Å². The molecular weight excluding hydrogens is 223 g/mol. The van der Waals surface area contributed by atoms with Crippen LogP contribution in [-0.4, -0.2) is 16.9 Å². The molecule has 0 saturated carbocycles. The molecular formula is C11H13FN4O. The molecule has 0 aliphatic rings. The first kappa shape index (κ1) is 11.3. The van der Waals surface area contributed by atoms with Crippen molar-refractivity contribution in [2.24, 2.45) is 7.05 Å².